The van der Waals surface area contributed by atoms with E-state index in [2.05, 4.69) is 21.2 Å². The van der Waals surface area contributed by atoms with Gasteiger partial charge in [0.25, 0.3) is 0 Å². The maximum Gasteiger partial charge on any atom is 0.328 e. The van der Waals surface area contributed by atoms with Crippen LogP contribution in [0.25, 0.3) is 0 Å². The molecule has 0 unspecified atom stereocenters. The summed E-state index contributed by atoms with van der Waals surface area (Å²) in [4.78, 5) is 21.7. The number of halogens is 4. The van der Waals surface area contributed by atoms with Crippen molar-refractivity contribution in [3.8, 4) is 0 Å². The topological polar surface area (TPSA) is 49.4 Å². The Morgan fingerprint density at radius 2 is 2.23 bits per heavy atom. The average molecular weight is 396 g/mol. The molecule has 0 spiro atoms. The Morgan fingerprint density at radius 1 is 1.55 bits per heavy atom. The Balaban J connectivity index is 2.03. The first-order valence-electron chi connectivity index (χ1n) is 6.56. The Labute approximate surface area is 139 Å². The quantitative estimate of drug-likeness (QED) is 0.797. The fourth-order valence-corrected chi connectivity index (χ4v) is 3.06. The summed E-state index contributed by atoms with van der Waals surface area (Å²) in [7, 11) is 1.63. The highest BCUT2D eigenvalue weighted by atomic mass is 79.9. The molecule has 0 aromatic heterocycles. The smallest absolute Gasteiger partial charge is 0.328 e. The first-order chi connectivity index (χ1) is 10.2. The molecule has 1 aliphatic rings. The molecule has 1 aliphatic heterocycles. The van der Waals surface area contributed by atoms with Gasteiger partial charge in [0.15, 0.2) is 0 Å². The summed E-state index contributed by atoms with van der Waals surface area (Å²) in [6.45, 7) is 0.390. The van der Waals surface area contributed by atoms with E-state index in [-0.39, 0.29) is 35.4 Å². The molecule has 1 fully saturated rings. The van der Waals surface area contributed by atoms with Crippen LogP contribution in [0.15, 0.2) is 18.2 Å². The second-order valence-electron chi connectivity index (χ2n) is 5.17. The maximum absolute atomic E-state index is 13.3. The van der Waals surface area contributed by atoms with Crippen LogP contribution < -0.4 is 5.32 Å². The van der Waals surface area contributed by atoms with Gasteiger partial charge in [-0.25, -0.2) is 0 Å². The van der Waals surface area contributed by atoms with Crippen molar-refractivity contribution in [2.45, 2.75) is 17.8 Å². The molecule has 120 valence electrons. The minimum absolute atomic E-state index is 0.0307. The number of rotatable bonds is 4. The second kappa shape index (κ2) is 6.50. The van der Waals surface area contributed by atoms with Gasteiger partial charge in [0.2, 0.25) is 11.8 Å². The van der Waals surface area contributed by atoms with Crippen LogP contribution in [0.1, 0.15) is 17.5 Å². The lowest BCUT2D eigenvalue weighted by molar-refractivity contribution is -0.128. The zero-order chi connectivity index (χ0) is 16.5. The lowest BCUT2D eigenvalue weighted by Gasteiger charge is -2.15. The zero-order valence-electron chi connectivity index (χ0n) is 11.7. The Hall–Kier alpha value is -1.21. The number of nitrogens with one attached hydrogen (secondary N) is 1. The van der Waals surface area contributed by atoms with Crippen LogP contribution in [-0.2, 0) is 21.0 Å². The van der Waals surface area contributed by atoms with Gasteiger partial charge in [-0.1, -0.05) is 29.8 Å². The van der Waals surface area contributed by atoms with Crippen molar-refractivity contribution in [1.29, 1.82) is 0 Å². The first-order valence-corrected chi connectivity index (χ1v) is 7.73. The minimum atomic E-state index is -3.23. The van der Waals surface area contributed by atoms with E-state index in [0.29, 0.717) is 12.1 Å². The molecule has 0 radical (unpaired) electrons. The van der Waals surface area contributed by atoms with Crippen molar-refractivity contribution in [2.24, 2.45) is 5.92 Å². The Morgan fingerprint density at radius 3 is 2.77 bits per heavy atom. The van der Waals surface area contributed by atoms with Crippen LogP contribution in [0.4, 0.5) is 8.78 Å². The highest BCUT2D eigenvalue weighted by Gasteiger charge is 2.33. The van der Waals surface area contributed by atoms with E-state index in [1.807, 2.05) is 0 Å². The molecular formula is C14H14BrClF2N2O2. The second-order valence-corrected chi connectivity index (χ2v) is 6.54. The van der Waals surface area contributed by atoms with Crippen molar-refractivity contribution in [2.75, 3.05) is 13.6 Å². The van der Waals surface area contributed by atoms with Gasteiger partial charge in [-0.2, -0.15) is 8.78 Å². The van der Waals surface area contributed by atoms with E-state index in [4.69, 9.17) is 11.6 Å². The molecule has 1 heterocycles. The third-order valence-corrected chi connectivity index (χ3v) is 4.42. The van der Waals surface area contributed by atoms with Gasteiger partial charge in [0.1, 0.15) is 0 Å². The molecule has 1 saturated heterocycles. The predicted molar refractivity (Wildman–Crippen MR) is 81.9 cm³/mol. The summed E-state index contributed by atoms with van der Waals surface area (Å²) in [6.07, 6.45) is 0.162. The lowest BCUT2D eigenvalue weighted by atomic mass is 10.1. The number of likely N-dealkylation sites (tertiary alicyclic amines) is 1. The maximum atomic E-state index is 13.3. The molecule has 1 N–H and O–H groups in total. The number of nitrogens with zero attached hydrogens (tertiary/aromatic N) is 1. The molecule has 0 bridgehead atoms. The normalized spacial score (nSPS) is 18.7. The van der Waals surface area contributed by atoms with Crippen LogP contribution in [0.3, 0.4) is 0 Å². The zero-order valence-corrected chi connectivity index (χ0v) is 14.0. The molecule has 0 aliphatic carbocycles. The fourth-order valence-electron chi connectivity index (χ4n) is 2.30. The summed E-state index contributed by atoms with van der Waals surface area (Å²) >= 11 is 8.23. The van der Waals surface area contributed by atoms with Crippen LogP contribution in [0.2, 0.25) is 5.02 Å². The van der Waals surface area contributed by atoms with Gasteiger partial charge in [0.05, 0.1) is 16.5 Å². The van der Waals surface area contributed by atoms with Crippen molar-refractivity contribution < 1.29 is 18.4 Å². The molecule has 1 aromatic carbocycles. The summed E-state index contributed by atoms with van der Waals surface area (Å²) in [5.74, 6) is -0.791. The number of alkyl halides is 3. The lowest BCUT2D eigenvalue weighted by Crippen LogP contribution is -2.32. The molecule has 2 rings (SSSR count). The van der Waals surface area contributed by atoms with Crippen LogP contribution in [-0.4, -0.2) is 30.3 Å². The predicted octanol–water partition coefficient (Wildman–Crippen LogP) is 2.88. The van der Waals surface area contributed by atoms with Crippen molar-refractivity contribution in [3.63, 3.8) is 0 Å². The number of hydrogen-bond donors (Lipinski definition) is 1. The first kappa shape index (κ1) is 17.1. The highest BCUT2D eigenvalue weighted by molar-refractivity contribution is 9.09. The van der Waals surface area contributed by atoms with E-state index in [9.17, 15) is 18.4 Å². The van der Waals surface area contributed by atoms with E-state index in [0.717, 1.165) is 0 Å². The molecular weight excluding hydrogens is 382 g/mol. The molecule has 0 saturated carbocycles. The Bertz CT molecular complexity index is 607. The molecule has 1 atom stereocenters. The van der Waals surface area contributed by atoms with Crippen LogP contribution >= 0.6 is 27.5 Å². The highest BCUT2D eigenvalue weighted by Crippen LogP contribution is 2.39. The average Bonchev–Trinajstić information content (AvgIpc) is 2.76. The van der Waals surface area contributed by atoms with Gasteiger partial charge < -0.3 is 10.2 Å². The Kier molecular flexibility index (Phi) is 5.07. The van der Waals surface area contributed by atoms with E-state index < -0.39 is 10.7 Å². The third kappa shape index (κ3) is 3.76. The number of carbonyl (C=O) groups excluding carboxylic acids is 2. The number of benzene rings is 1. The van der Waals surface area contributed by atoms with Gasteiger partial charge in [0, 0.05) is 26.6 Å². The fraction of sp³-hybridized carbons (Fsp3) is 0.429. The van der Waals surface area contributed by atoms with Crippen molar-refractivity contribution in [3.05, 3.63) is 34.3 Å². The molecule has 2 amide bonds. The third-order valence-electron chi connectivity index (χ3n) is 3.55. The van der Waals surface area contributed by atoms with Crippen molar-refractivity contribution >= 4 is 39.3 Å². The summed E-state index contributed by atoms with van der Waals surface area (Å²) in [5.41, 5.74) is 0.0426. The van der Waals surface area contributed by atoms with E-state index in [1.165, 1.54) is 17.0 Å². The molecule has 22 heavy (non-hydrogen) atoms. The molecule has 1 aromatic rings. The van der Waals surface area contributed by atoms with E-state index >= 15 is 0 Å². The monoisotopic (exact) mass is 394 g/mol. The number of amides is 2. The minimum Gasteiger partial charge on any atom is -0.352 e. The van der Waals surface area contributed by atoms with Gasteiger partial charge >= 0.3 is 4.83 Å². The summed E-state index contributed by atoms with van der Waals surface area (Å²) in [6, 6.07) is 4.23. The van der Waals surface area contributed by atoms with E-state index in [1.54, 1.807) is 13.1 Å². The van der Waals surface area contributed by atoms with Gasteiger partial charge in [-0.05, 0) is 21.5 Å². The molecule has 4 nitrogen and oxygen atoms in total. The van der Waals surface area contributed by atoms with Crippen LogP contribution in [0, 0.1) is 5.92 Å². The summed E-state index contributed by atoms with van der Waals surface area (Å²) in [5, 5.41) is 2.55. The van der Waals surface area contributed by atoms with Gasteiger partial charge in [-0.3, -0.25) is 9.59 Å². The van der Waals surface area contributed by atoms with Gasteiger partial charge in [-0.15, -0.1) is 0 Å². The molecule has 8 heteroatoms. The summed E-state index contributed by atoms with van der Waals surface area (Å²) < 4.78 is 26.7. The standard InChI is InChI=1S/C14H14BrClF2N2O2/c1-20-7-9(5-11(20)21)13(22)19-6-8-3-2-4-10(12(8)16)14(15,17)18/h2-4,9H,5-7H2,1H3,(H,19,22)/t9-/m0/s1. The number of hydrogen-bond acceptors (Lipinski definition) is 2. The van der Waals surface area contributed by atoms with Crippen molar-refractivity contribution in [1.82, 2.24) is 10.2 Å². The van der Waals surface area contributed by atoms with Crippen LogP contribution in [0.5, 0.6) is 0 Å². The number of carbonyl (C=O) groups is 2. The SMILES string of the molecule is CN1C[C@@H](C(=O)NCc2cccc(C(F)(F)Br)c2Cl)CC1=O. The largest absolute Gasteiger partial charge is 0.352 e.